The summed E-state index contributed by atoms with van der Waals surface area (Å²) in [6.07, 6.45) is 0.671. The molecule has 0 aromatic rings. The van der Waals surface area contributed by atoms with Crippen LogP contribution in [0.5, 0.6) is 0 Å². The lowest BCUT2D eigenvalue weighted by molar-refractivity contribution is 0.277. The van der Waals surface area contributed by atoms with Crippen LogP contribution in [0.3, 0.4) is 0 Å². The van der Waals surface area contributed by atoms with E-state index >= 15 is 0 Å². The van der Waals surface area contributed by atoms with Crippen LogP contribution in [-0.4, -0.2) is 35.0 Å². The van der Waals surface area contributed by atoms with Crippen molar-refractivity contribution >= 4 is 11.8 Å². The van der Waals surface area contributed by atoms with Crippen LogP contribution in [0.1, 0.15) is 20.3 Å². The van der Waals surface area contributed by atoms with Crippen molar-refractivity contribution in [2.75, 3.05) is 19.6 Å². The first-order valence-electron chi connectivity index (χ1n) is 4.47. The van der Waals surface area contributed by atoms with Gasteiger partial charge in [-0.1, -0.05) is 13.8 Å². The lowest BCUT2D eigenvalue weighted by Crippen LogP contribution is -2.40. The molecule has 1 aliphatic heterocycles. The Morgan fingerprint density at radius 3 is 2.50 bits per heavy atom. The van der Waals surface area contributed by atoms with E-state index in [0.717, 1.165) is 30.1 Å². The van der Waals surface area contributed by atoms with Crippen molar-refractivity contribution in [3.05, 3.63) is 0 Å². The van der Waals surface area contributed by atoms with Gasteiger partial charge in [0.25, 0.3) is 0 Å². The summed E-state index contributed by atoms with van der Waals surface area (Å²) in [5, 5.41) is 9.91. The zero-order valence-electron chi connectivity index (χ0n) is 7.79. The molecule has 0 bridgehead atoms. The van der Waals surface area contributed by atoms with Crippen molar-refractivity contribution in [2.45, 2.75) is 30.8 Å². The van der Waals surface area contributed by atoms with Gasteiger partial charge in [-0.05, 0) is 0 Å². The van der Waals surface area contributed by atoms with Gasteiger partial charge in [0.15, 0.2) is 0 Å². The molecule has 1 fully saturated rings. The van der Waals surface area contributed by atoms with Gasteiger partial charge in [0.2, 0.25) is 0 Å². The van der Waals surface area contributed by atoms with Gasteiger partial charge in [0.1, 0.15) is 0 Å². The molecular formula is C9H16N2S. The second kappa shape index (κ2) is 4.74. The highest BCUT2D eigenvalue weighted by Gasteiger charge is 2.21. The van der Waals surface area contributed by atoms with Gasteiger partial charge in [0.05, 0.1) is 6.07 Å². The molecule has 12 heavy (non-hydrogen) atoms. The average molecular weight is 184 g/mol. The molecule has 0 aliphatic carbocycles. The molecule has 0 aromatic carbocycles. The van der Waals surface area contributed by atoms with E-state index in [-0.39, 0.29) is 0 Å². The lowest BCUT2D eigenvalue weighted by atomic mass is 10.3. The first-order valence-corrected chi connectivity index (χ1v) is 5.41. The quantitative estimate of drug-likeness (QED) is 0.654. The Morgan fingerprint density at radius 1 is 1.42 bits per heavy atom. The second-order valence-corrected chi connectivity index (χ2v) is 5.31. The molecule has 0 amide bonds. The zero-order valence-corrected chi connectivity index (χ0v) is 8.60. The third-order valence-electron chi connectivity index (χ3n) is 2.04. The Hall–Kier alpha value is -0.200. The summed E-state index contributed by atoms with van der Waals surface area (Å²) in [5.41, 5.74) is 0. The van der Waals surface area contributed by atoms with Crippen LogP contribution in [0.2, 0.25) is 0 Å². The van der Waals surface area contributed by atoms with E-state index in [1.807, 2.05) is 0 Å². The second-order valence-electron chi connectivity index (χ2n) is 3.43. The van der Waals surface area contributed by atoms with Gasteiger partial charge in [-0.25, -0.2) is 0 Å². The largest absolute Gasteiger partial charge is 0.300 e. The molecule has 0 saturated carbocycles. The van der Waals surface area contributed by atoms with Crippen molar-refractivity contribution in [1.29, 1.82) is 5.26 Å². The molecule has 0 aromatic heterocycles. The van der Waals surface area contributed by atoms with Crippen molar-refractivity contribution < 1.29 is 0 Å². The number of hydrogen-bond acceptors (Lipinski definition) is 3. The maximum atomic E-state index is 8.45. The highest BCUT2D eigenvalue weighted by atomic mass is 32.2. The summed E-state index contributed by atoms with van der Waals surface area (Å²) in [4.78, 5) is 2.40. The van der Waals surface area contributed by atoms with Gasteiger partial charge in [-0.2, -0.15) is 17.0 Å². The summed E-state index contributed by atoms with van der Waals surface area (Å²) in [6.45, 7) is 7.78. The van der Waals surface area contributed by atoms with Crippen LogP contribution in [0.4, 0.5) is 0 Å². The summed E-state index contributed by atoms with van der Waals surface area (Å²) >= 11 is 2.05. The van der Waals surface area contributed by atoms with Crippen molar-refractivity contribution in [3.8, 4) is 6.07 Å². The van der Waals surface area contributed by atoms with E-state index < -0.39 is 0 Å². The van der Waals surface area contributed by atoms with Gasteiger partial charge >= 0.3 is 0 Å². The molecule has 2 atom stereocenters. The maximum Gasteiger partial charge on any atom is 0.0635 e. The summed E-state index contributed by atoms with van der Waals surface area (Å²) in [5.74, 6) is 0. The smallest absolute Gasteiger partial charge is 0.0635 e. The van der Waals surface area contributed by atoms with Gasteiger partial charge in [-0.15, -0.1) is 0 Å². The van der Waals surface area contributed by atoms with Crippen molar-refractivity contribution in [2.24, 2.45) is 0 Å². The first-order chi connectivity index (χ1) is 5.72. The minimum absolute atomic E-state index is 0.671. The van der Waals surface area contributed by atoms with Crippen molar-refractivity contribution in [1.82, 2.24) is 4.90 Å². The molecule has 0 N–H and O–H groups in total. The van der Waals surface area contributed by atoms with Crippen molar-refractivity contribution in [3.63, 3.8) is 0 Å². The zero-order chi connectivity index (χ0) is 8.97. The number of rotatable bonds is 2. The Bertz CT molecular complexity index is 166. The molecular weight excluding hydrogens is 168 g/mol. The molecule has 0 spiro atoms. The SMILES string of the molecule is CC1CN(CCC#N)CC(C)S1. The van der Waals surface area contributed by atoms with Crippen LogP contribution in [0, 0.1) is 11.3 Å². The maximum absolute atomic E-state index is 8.45. The summed E-state index contributed by atoms with van der Waals surface area (Å²) < 4.78 is 0. The summed E-state index contributed by atoms with van der Waals surface area (Å²) in [7, 11) is 0. The van der Waals surface area contributed by atoms with Crippen LogP contribution >= 0.6 is 11.8 Å². The molecule has 3 heteroatoms. The topological polar surface area (TPSA) is 27.0 Å². The van der Waals surface area contributed by atoms with E-state index in [1.54, 1.807) is 0 Å². The van der Waals surface area contributed by atoms with Crippen LogP contribution in [0.25, 0.3) is 0 Å². The summed E-state index contributed by atoms with van der Waals surface area (Å²) in [6, 6.07) is 2.20. The highest BCUT2D eigenvalue weighted by Crippen LogP contribution is 2.24. The minimum atomic E-state index is 0.671. The van der Waals surface area contributed by atoms with E-state index in [1.165, 1.54) is 0 Å². The molecule has 1 saturated heterocycles. The monoisotopic (exact) mass is 184 g/mol. The Balaban J connectivity index is 2.30. The number of thioether (sulfide) groups is 1. The predicted molar refractivity (Wildman–Crippen MR) is 53.2 cm³/mol. The number of nitrogens with zero attached hydrogens (tertiary/aromatic N) is 2. The fraction of sp³-hybridized carbons (Fsp3) is 0.889. The molecule has 1 aliphatic rings. The normalized spacial score (nSPS) is 31.4. The first kappa shape index (κ1) is 9.88. The molecule has 1 rings (SSSR count). The van der Waals surface area contributed by atoms with Gasteiger partial charge in [0, 0.05) is 36.6 Å². The number of nitriles is 1. The molecule has 1 heterocycles. The van der Waals surface area contributed by atoms with Crippen LogP contribution in [0.15, 0.2) is 0 Å². The van der Waals surface area contributed by atoms with Crippen LogP contribution < -0.4 is 0 Å². The molecule has 68 valence electrons. The van der Waals surface area contributed by atoms with Crippen LogP contribution in [-0.2, 0) is 0 Å². The predicted octanol–water partition coefficient (Wildman–Crippen LogP) is 1.73. The van der Waals surface area contributed by atoms with E-state index in [4.69, 9.17) is 5.26 Å². The molecule has 2 unspecified atom stereocenters. The third-order valence-corrected chi connectivity index (χ3v) is 3.26. The van der Waals surface area contributed by atoms with E-state index in [0.29, 0.717) is 6.42 Å². The third kappa shape index (κ3) is 3.04. The molecule has 0 radical (unpaired) electrons. The highest BCUT2D eigenvalue weighted by molar-refractivity contribution is 8.00. The Kier molecular flexibility index (Phi) is 3.90. The minimum Gasteiger partial charge on any atom is -0.300 e. The standard InChI is InChI=1S/C9H16N2S/c1-8-6-11(5-3-4-10)7-9(2)12-8/h8-9H,3,5-7H2,1-2H3. The lowest BCUT2D eigenvalue weighted by Gasteiger charge is -2.33. The van der Waals surface area contributed by atoms with Gasteiger partial charge < -0.3 is 4.90 Å². The molecule has 2 nitrogen and oxygen atoms in total. The number of hydrogen-bond donors (Lipinski definition) is 0. The Labute approximate surface area is 78.9 Å². The van der Waals surface area contributed by atoms with Gasteiger partial charge in [-0.3, -0.25) is 0 Å². The average Bonchev–Trinajstić information content (AvgIpc) is 1.99. The van der Waals surface area contributed by atoms with E-state index in [9.17, 15) is 0 Å². The Morgan fingerprint density at radius 2 is 2.00 bits per heavy atom. The van der Waals surface area contributed by atoms with E-state index in [2.05, 4.69) is 36.6 Å². The fourth-order valence-electron chi connectivity index (χ4n) is 1.68. The fourth-order valence-corrected chi connectivity index (χ4v) is 3.06.